The van der Waals surface area contributed by atoms with Crippen molar-refractivity contribution in [2.24, 2.45) is 0 Å². The molecule has 0 aliphatic rings. The Balaban J connectivity index is 2.07. The number of hydrogen-bond acceptors (Lipinski definition) is 4. The number of rotatable bonds is 2. The number of nitrogens with zero attached hydrogens (tertiary/aromatic N) is 3. The molecule has 2 aromatic heterocycles. The van der Waals surface area contributed by atoms with Crippen molar-refractivity contribution in [3.63, 3.8) is 0 Å². The van der Waals surface area contributed by atoms with E-state index in [1.54, 1.807) is 11.4 Å². The smallest absolute Gasteiger partial charge is 0.271 e. The topological polar surface area (TPSA) is 58.7 Å². The molecule has 1 aromatic carbocycles. The first-order valence-electron chi connectivity index (χ1n) is 5.80. The SMILES string of the molecule is N#Cc1ccc(F)c(Cn2cnc3ccsc3c2=O)c1. The summed E-state index contributed by atoms with van der Waals surface area (Å²) in [7, 11) is 0. The molecule has 0 unspecified atom stereocenters. The van der Waals surface area contributed by atoms with Crippen molar-refractivity contribution in [1.82, 2.24) is 9.55 Å². The summed E-state index contributed by atoms with van der Waals surface area (Å²) in [5, 5.41) is 10.6. The fraction of sp³-hybridized carbons (Fsp3) is 0.0714. The van der Waals surface area contributed by atoms with Crippen molar-refractivity contribution < 1.29 is 4.39 Å². The summed E-state index contributed by atoms with van der Waals surface area (Å²) >= 11 is 1.31. The van der Waals surface area contributed by atoms with Gasteiger partial charge in [-0.1, -0.05) is 0 Å². The van der Waals surface area contributed by atoms with E-state index in [-0.39, 0.29) is 12.1 Å². The molecule has 0 radical (unpaired) electrons. The molecule has 3 aromatic rings. The zero-order valence-electron chi connectivity index (χ0n) is 10.2. The minimum atomic E-state index is -0.442. The van der Waals surface area contributed by atoms with Gasteiger partial charge in [-0.15, -0.1) is 11.3 Å². The first-order chi connectivity index (χ1) is 9.69. The van der Waals surface area contributed by atoms with Crippen molar-refractivity contribution in [2.45, 2.75) is 6.54 Å². The number of hydrogen-bond donors (Lipinski definition) is 0. The quantitative estimate of drug-likeness (QED) is 0.727. The first kappa shape index (κ1) is 12.5. The van der Waals surface area contributed by atoms with Crippen LogP contribution in [0, 0.1) is 17.1 Å². The summed E-state index contributed by atoms with van der Waals surface area (Å²) in [4.78, 5) is 16.4. The second-order valence-electron chi connectivity index (χ2n) is 4.23. The fourth-order valence-corrected chi connectivity index (χ4v) is 2.73. The van der Waals surface area contributed by atoms with Crippen LogP contribution in [-0.4, -0.2) is 9.55 Å². The number of benzene rings is 1. The van der Waals surface area contributed by atoms with Gasteiger partial charge in [-0.05, 0) is 29.6 Å². The summed E-state index contributed by atoms with van der Waals surface area (Å²) in [6, 6.07) is 7.80. The van der Waals surface area contributed by atoms with Crippen LogP contribution in [0.4, 0.5) is 4.39 Å². The number of aromatic nitrogens is 2. The van der Waals surface area contributed by atoms with Gasteiger partial charge in [0.15, 0.2) is 0 Å². The standard InChI is InChI=1S/C14H8FN3OS/c15-11-2-1-9(6-16)5-10(11)7-18-8-17-12-3-4-20-13(12)14(18)19/h1-5,8H,7H2. The first-order valence-corrected chi connectivity index (χ1v) is 6.68. The average molecular weight is 285 g/mol. The van der Waals surface area contributed by atoms with Gasteiger partial charge in [-0.3, -0.25) is 9.36 Å². The van der Waals surface area contributed by atoms with E-state index in [0.717, 1.165) is 0 Å². The molecule has 0 spiro atoms. The Morgan fingerprint density at radius 3 is 3.05 bits per heavy atom. The van der Waals surface area contributed by atoms with E-state index in [1.807, 2.05) is 6.07 Å². The number of halogens is 1. The van der Waals surface area contributed by atoms with Gasteiger partial charge in [-0.2, -0.15) is 5.26 Å². The summed E-state index contributed by atoms with van der Waals surface area (Å²) in [6.45, 7) is 0.0566. The Morgan fingerprint density at radius 2 is 2.25 bits per heavy atom. The molecule has 0 atom stereocenters. The Kier molecular flexibility index (Phi) is 3.05. The van der Waals surface area contributed by atoms with Gasteiger partial charge in [0.25, 0.3) is 5.56 Å². The molecule has 4 nitrogen and oxygen atoms in total. The Hall–Kier alpha value is -2.52. The molecule has 0 saturated heterocycles. The lowest BCUT2D eigenvalue weighted by atomic mass is 10.1. The highest BCUT2D eigenvalue weighted by Crippen LogP contribution is 2.15. The van der Waals surface area contributed by atoms with Crippen molar-refractivity contribution in [3.8, 4) is 6.07 Å². The number of nitriles is 1. The molecule has 0 fully saturated rings. The molecular formula is C14H8FN3OS. The van der Waals surface area contributed by atoms with Crippen LogP contribution in [0.5, 0.6) is 0 Å². The van der Waals surface area contributed by atoms with Gasteiger partial charge in [-0.25, -0.2) is 9.37 Å². The van der Waals surface area contributed by atoms with Gasteiger partial charge in [0.1, 0.15) is 10.5 Å². The zero-order chi connectivity index (χ0) is 14.1. The lowest BCUT2D eigenvalue weighted by molar-refractivity contribution is 0.595. The molecule has 98 valence electrons. The van der Waals surface area contributed by atoms with Crippen LogP contribution >= 0.6 is 11.3 Å². The maximum atomic E-state index is 13.7. The second kappa shape index (κ2) is 4.87. The van der Waals surface area contributed by atoms with Crippen LogP contribution in [-0.2, 0) is 6.54 Å². The van der Waals surface area contributed by atoms with E-state index in [1.165, 1.54) is 40.4 Å². The van der Waals surface area contributed by atoms with E-state index in [0.29, 0.717) is 21.3 Å². The van der Waals surface area contributed by atoms with Crippen LogP contribution in [0.1, 0.15) is 11.1 Å². The maximum absolute atomic E-state index is 13.7. The molecule has 0 N–H and O–H groups in total. The Morgan fingerprint density at radius 1 is 1.40 bits per heavy atom. The molecule has 3 rings (SSSR count). The molecule has 0 amide bonds. The number of thiophene rings is 1. The van der Waals surface area contributed by atoms with Gasteiger partial charge in [0.2, 0.25) is 0 Å². The molecular weight excluding hydrogens is 277 g/mol. The normalized spacial score (nSPS) is 10.6. The minimum absolute atomic E-state index is 0.0566. The average Bonchev–Trinajstić information content (AvgIpc) is 2.93. The Labute approximate surface area is 117 Å². The largest absolute Gasteiger partial charge is 0.293 e. The summed E-state index contributed by atoms with van der Waals surface area (Å²) in [5.41, 5.74) is 1.10. The fourth-order valence-electron chi connectivity index (χ4n) is 1.94. The molecule has 0 aliphatic carbocycles. The van der Waals surface area contributed by atoms with E-state index in [2.05, 4.69) is 4.98 Å². The van der Waals surface area contributed by atoms with Crippen LogP contribution in [0.15, 0.2) is 40.8 Å². The highest BCUT2D eigenvalue weighted by Gasteiger charge is 2.09. The third-order valence-corrected chi connectivity index (χ3v) is 3.84. The predicted molar refractivity (Wildman–Crippen MR) is 74.1 cm³/mol. The van der Waals surface area contributed by atoms with Gasteiger partial charge < -0.3 is 0 Å². The van der Waals surface area contributed by atoms with Crippen molar-refractivity contribution in [1.29, 1.82) is 5.26 Å². The molecule has 0 aliphatic heterocycles. The lowest BCUT2D eigenvalue weighted by Crippen LogP contribution is -2.20. The highest BCUT2D eigenvalue weighted by atomic mass is 32.1. The third-order valence-electron chi connectivity index (χ3n) is 2.95. The monoisotopic (exact) mass is 285 g/mol. The summed E-state index contributed by atoms with van der Waals surface area (Å²) < 4.78 is 15.6. The van der Waals surface area contributed by atoms with Crippen LogP contribution in [0.3, 0.4) is 0 Å². The van der Waals surface area contributed by atoms with E-state index in [4.69, 9.17) is 5.26 Å². The van der Waals surface area contributed by atoms with Crippen LogP contribution < -0.4 is 5.56 Å². The van der Waals surface area contributed by atoms with E-state index >= 15 is 0 Å². The predicted octanol–water partition coefficient (Wildman–Crippen LogP) is 2.52. The van der Waals surface area contributed by atoms with Gasteiger partial charge in [0.05, 0.1) is 30.0 Å². The van der Waals surface area contributed by atoms with Crippen LogP contribution in [0.2, 0.25) is 0 Å². The minimum Gasteiger partial charge on any atom is -0.293 e. The zero-order valence-corrected chi connectivity index (χ0v) is 11.0. The van der Waals surface area contributed by atoms with Gasteiger partial charge >= 0.3 is 0 Å². The van der Waals surface area contributed by atoms with E-state index in [9.17, 15) is 9.18 Å². The summed E-state index contributed by atoms with van der Waals surface area (Å²) in [5.74, 6) is -0.442. The summed E-state index contributed by atoms with van der Waals surface area (Å²) in [6.07, 6.45) is 1.40. The van der Waals surface area contributed by atoms with E-state index < -0.39 is 5.82 Å². The molecule has 6 heteroatoms. The second-order valence-corrected chi connectivity index (χ2v) is 5.15. The molecule has 0 saturated carbocycles. The maximum Gasteiger partial charge on any atom is 0.271 e. The molecule has 0 bridgehead atoms. The molecule has 20 heavy (non-hydrogen) atoms. The number of fused-ring (bicyclic) bond motifs is 1. The van der Waals surface area contributed by atoms with Crippen molar-refractivity contribution in [2.75, 3.05) is 0 Å². The highest BCUT2D eigenvalue weighted by molar-refractivity contribution is 7.17. The third kappa shape index (κ3) is 2.08. The van der Waals surface area contributed by atoms with Crippen molar-refractivity contribution >= 4 is 21.6 Å². The lowest BCUT2D eigenvalue weighted by Gasteiger charge is -2.06. The molecule has 2 heterocycles. The Bertz CT molecular complexity index is 891. The van der Waals surface area contributed by atoms with Gasteiger partial charge in [0, 0.05) is 5.56 Å². The van der Waals surface area contributed by atoms with Crippen LogP contribution in [0.25, 0.3) is 10.2 Å². The van der Waals surface area contributed by atoms with Crippen molar-refractivity contribution in [3.05, 3.63) is 63.3 Å².